The van der Waals surface area contributed by atoms with Crippen LogP contribution in [-0.4, -0.2) is 16.9 Å². The maximum Gasteiger partial charge on any atom is 0.412 e. The average molecular weight is 316 g/mol. The van der Waals surface area contributed by atoms with Crippen molar-refractivity contribution in [3.05, 3.63) is 47.3 Å². The van der Waals surface area contributed by atoms with E-state index in [9.17, 15) is 4.79 Å². The summed E-state index contributed by atoms with van der Waals surface area (Å²) in [4.78, 5) is 11.9. The third-order valence-electron chi connectivity index (χ3n) is 3.45. The first-order valence-corrected chi connectivity index (χ1v) is 7.74. The number of anilines is 1. The molecule has 0 fully saturated rings. The zero-order valence-electron chi connectivity index (χ0n) is 14.3. The van der Waals surface area contributed by atoms with E-state index in [2.05, 4.69) is 17.4 Å². The van der Waals surface area contributed by atoms with Crippen LogP contribution in [0.3, 0.4) is 0 Å². The summed E-state index contributed by atoms with van der Waals surface area (Å²) >= 11 is 0. The fourth-order valence-electron chi connectivity index (χ4n) is 2.26. The number of hydrogen-bond acceptors (Lipinski definition) is 4. The largest absolute Gasteiger partial charge is 0.444 e. The Labute approximate surface area is 137 Å². The molecule has 124 valence electrons. The first kappa shape index (κ1) is 17.1. The fourth-order valence-corrected chi connectivity index (χ4v) is 2.26. The van der Waals surface area contributed by atoms with Gasteiger partial charge in [0.1, 0.15) is 11.9 Å². The zero-order valence-corrected chi connectivity index (χ0v) is 14.3. The van der Waals surface area contributed by atoms with Crippen LogP contribution in [0.25, 0.3) is 0 Å². The Hall–Kier alpha value is -2.30. The maximum absolute atomic E-state index is 11.9. The minimum absolute atomic E-state index is 0.263. The zero-order chi connectivity index (χ0) is 17.0. The second-order valence-electron chi connectivity index (χ2n) is 6.80. The third-order valence-corrected chi connectivity index (χ3v) is 3.45. The molecule has 1 N–H and O–H groups in total. The van der Waals surface area contributed by atoms with Gasteiger partial charge >= 0.3 is 6.09 Å². The van der Waals surface area contributed by atoms with E-state index in [4.69, 9.17) is 9.26 Å². The van der Waals surface area contributed by atoms with Gasteiger partial charge in [-0.1, -0.05) is 24.2 Å². The summed E-state index contributed by atoms with van der Waals surface area (Å²) in [7, 11) is 0. The molecule has 1 atom stereocenters. The van der Waals surface area contributed by atoms with E-state index in [0.29, 0.717) is 0 Å². The van der Waals surface area contributed by atoms with Gasteiger partial charge in [0.2, 0.25) is 0 Å². The molecule has 5 heteroatoms. The van der Waals surface area contributed by atoms with Crippen LogP contribution in [0.5, 0.6) is 0 Å². The molecule has 0 aliphatic carbocycles. The first-order chi connectivity index (χ1) is 10.7. The van der Waals surface area contributed by atoms with E-state index in [1.807, 2.05) is 52.0 Å². The summed E-state index contributed by atoms with van der Waals surface area (Å²) in [5.74, 6) is 0.263. The molecule has 1 heterocycles. The fraction of sp³-hybridized carbons (Fsp3) is 0.444. The van der Waals surface area contributed by atoms with Crippen molar-refractivity contribution in [1.82, 2.24) is 5.16 Å². The molecule has 1 amide bonds. The van der Waals surface area contributed by atoms with E-state index in [0.717, 1.165) is 28.9 Å². The van der Waals surface area contributed by atoms with Crippen molar-refractivity contribution in [2.75, 3.05) is 5.32 Å². The van der Waals surface area contributed by atoms with Gasteiger partial charge in [0.15, 0.2) is 0 Å². The van der Waals surface area contributed by atoms with Crippen LogP contribution < -0.4 is 5.32 Å². The van der Waals surface area contributed by atoms with E-state index in [1.54, 1.807) is 6.26 Å². The highest BCUT2D eigenvalue weighted by Gasteiger charge is 2.17. The van der Waals surface area contributed by atoms with Crippen LogP contribution in [-0.2, 0) is 11.2 Å². The van der Waals surface area contributed by atoms with Gasteiger partial charge in [-0.3, -0.25) is 5.32 Å². The van der Waals surface area contributed by atoms with Gasteiger partial charge in [0.05, 0.1) is 5.69 Å². The standard InChI is InChI=1S/C18H24N2O3/c1-12(9-16-13(2)11-22-20-16)14-7-6-8-15(10-14)19-17(21)23-18(3,4)5/h6-8,10-12H,9H2,1-5H3,(H,19,21). The van der Waals surface area contributed by atoms with Crippen molar-refractivity contribution in [3.8, 4) is 0 Å². The molecular weight excluding hydrogens is 292 g/mol. The number of nitrogens with zero attached hydrogens (tertiary/aromatic N) is 1. The number of carbonyl (C=O) groups is 1. The van der Waals surface area contributed by atoms with E-state index in [-0.39, 0.29) is 5.92 Å². The van der Waals surface area contributed by atoms with Gasteiger partial charge in [-0.15, -0.1) is 0 Å². The molecule has 0 aliphatic heterocycles. The van der Waals surface area contributed by atoms with Gasteiger partial charge in [-0.25, -0.2) is 4.79 Å². The molecule has 23 heavy (non-hydrogen) atoms. The van der Waals surface area contributed by atoms with E-state index >= 15 is 0 Å². The Bertz CT molecular complexity index is 671. The van der Waals surface area contributed by atoms with Gasteiger partial charge in [-0.05, 0) is 57.7 Å². The molecule has 2 aromatic rings. The van der Waals surface area contributed by atoms with Crippen molar-refractivity contribution >= 4 is 11.8 Å². The number of rotatable bonds is 4. The predicted molar refractivity (Wildman–Crippen MR) is 89.7 cm³/mol. The molecule has 1 aromatic heterocycles. The molecule has 0 radical (unpaired) electrons. The van der Waals surface area contributed by atoms with Crippen molar-refractivity contribution in [2.24, 2.45) is 0 Å². The monoisotopic (exact) mass is 316 g/mol. The molecule has 5 nitrogen and oxygen atoms in total. The number of benzene rings is 1. The number of aryl methyl sites for hydroxylation is 1. The molecule has 1 aromatic carbocycles. The SMILES string of the molecule is Cc1conc1CC(C)c1cccc(NC(=O)OC(C)(C)C)c1. The number of carbonyl (C=O) groups excluding carboxylic acids is 1. The normalized spacial score (nSPS) is 12.7. The van der Waals surface area contributed by atoms with Crippen LogP contribution in [0.1, 0.15) is 50.4 Å². The maximum atomic E-state index is 11.9. The molecule has 0 saturated heterocycles. The molecule has 0 aliphatic rings. The first-order valence-electron chi connectivity index (χ1n) is 7.74. The van der Waals surface area contributed by atoms with Gasteiger partial charge in [0.25, 0.3) is 0 Å². The highest BCUT2D eigenvalue weighted by molar-refractivity contribution is 5.84. The Morgan fingerprint density at radius 2 is 2.13 bits per heavy atom. The summed E-state index contributed by atoms with van der Waals surface area (Å²) in [6.45, 7) is 9.63. The summed E-state index contributed by atoms with van der Waals surface area (Å²) in [6.07, 6.45) is 2.00. The van der Waals surface area contributed by atoms with Crippen LogP contribution >= 0.6 is 0 Å². The lowest BCUT2D eigenvalue weighted by Gasteiger charge is -2.20. The Kier molecular flexibility index (Phi) is 5.08. The number of hydrogen-bond donors (Lipinski definition) is 1. The molecule has 0 spiro atoms. The summed E-state index contributed by atoms with van der Waals surface area (Å²) < 4.78 is 10.3. The topological polar surface area (TPSA) is 64.4 Å². The summed E-state index contributed by atoms with van der Waals surface area (Å²) in [5.41, 5.74) is 3.35. The highest BCUT2D eigenvalue weighted by Crippen LogP contribution is 2.24. The van der Waals surface area contributed by atoms with Gasteiger partial charge in [-0.2, -0.15) is 0 Å². The van der Waals surface area contributed by atoms with Crippen molar-refractivity contribution < 1.29 is 14.1 Å². The predicted octanol–water partition coefficient (Wildman–Crippen LogP) is 4.68. The minimum atomic E-state index is -0.514. The third kappa shape index (κ3) is 5.13. The second kappa shape index (κ2) is 6.86. The molecule has 0 bridgehead atoms. The highest BCUT2D eigenvalue weighted by atomic mass is 16.6. The lowest BCUT2D eigenvalue weighted by molar-refractivity contribution is 0.0636. The van der Waals surface area contributed by atoms with E-state index < -0.39 is 11.7 Å². The van der Waals surface area contributed by atoms with Gasteiger partial charge < -0.3 is 9.26 Å². The average Bonchev–Trinajstić information content (AvgIpc) is 2.82. The van der Waals surface area contributed by atoms with Crippen LogP contribution in [0.4, 0.5) is 10.5 Å². The molecular formula is C18H24N2O3. The van der Waals surface area contributed by atoms with Crippen molar-refractivity contribution in [2.45, 2.75) is 52.6 Å². The van der Waals surface area contributed by atoms with Crippen LogP contribution in [0.15, 0.2) is 35.1 Å². The Morgan fingerprint density at radius 1 is 1.39 bits per heavy atom. The summed E-state index contributed by atoms with van der Waals surface area (Å²) in [5, 5.41) is 6.80. The number of amides is 1. The molecule has 0 saturated carbocycles. The van der Waals surface area contributed by atoms with Gasteiger partial charge in [0, 0.05) is 11.3 Å². The Balaban J connectivity index is 2.04. The van der Waals surface area contributed by atoms with Crippen LogP contribution in [0.2, 0.25) is 0 Å². The summed E-state index contributed by atoms with van der Waals surface area (Å²) in [6, 6.07) is 7.78. The van der Waals surface area contributed by atoms with Crippen molar-refractivity contribution in [1.29, 1.82) is 0 Å². The lowest BCUT2D eigenvalue weighted by atomic mass is 9.95. The molecule has 1 unspecified atom stereocenters. The smallest absolute Gasteiger partial charge is 0.412 e. The van der Waals surface area contributed by atoms with E-state index in [1.165, 1.54) is 0 Å². The second-order valence-corrected chi connectivity index (χ2v) is 6.80. The quantitative estimate of drug-likeness (QED) is 0.889. The number of ether oxygens (including phenoxy) is 1. The Morgan fingerprint density at radius 3 is 2.74 bits per heavy atom. The van der Waals surface area contributed by atoms with Crippen LogP contribution in [0, 0.1) is 6.92 Å². The lowest BCUT2D eigenvalue weighted by Crippen LogP contribution is -2.27. The number of nitrogens with one attached hydrogen (secondary N) is 1. The minimum Gasteiger partial charge on any atom is -0.444 e. The molecule has 2 rings (SSSR count). The van der Waals surface area contributed by atoms with Crippen molar-refractivity contribution in [3.63, 3.8) is 0 Å². The number of aromatic nitrogens is 1.